The van der Waals surface area contributed by atoms with Crippen LogP contribution in [0.2, 0.25) is 0 Å². The highest BCUT2D eigenvalue weighted by Crippen LogP contribution is 2.00. The van der Waals surface area contributed by atoms with Gasteiger partial charge >= 0.3 is 5.97 Å². The molecule has 0 spiro atoms. The third-order valence-corrected chi connectivity index (χ3v) is 1.74. The summed E-state index contributed by atoms with van der Waals surface area (Å²) in [5.41, 5.74) is 0. The van der Waals surface area contributed by atoms with Gasteiger partial charge in [0, 0.05) is 6.08 Å². The van der Waals surface area contributed by atoms with E-state index in [2.05, 4.69) is 9.99 Å². The summed E-state index contributed by atoms with van der Waals surface area (Å²) in [5, 5.41) is 0. The van der Waals surface area contributed by atoms with Gasteiger partial charge in [0.05, 0.1) is 0 Å². The molecule has 64 valence electrons. The van der Waals surface area contributed by atoms with E-state index in [9.17, 15) is 4.79 Å². The molecule has 11 heavy (non-hydrogen) atoms. The minimum Gasteiger partial charge on any atom is -0.391 e. The van der Waals surface area contributed by atoms with Crippen molar-refractivity contribution in [2.24, 2.45) is 0 Å². The van der Waals surface area contributed by atoms with Crippen LogP contribution in [0.1, 0.15) is 32.6 Å². The highest BCUT2D eigenvalue weighted by molar-refractivity contribution is 14.1. The van der Waals surface area contributed by atoms with Crippen LogP contribution in [0.5, 0.6) is 0 Å². The zero-order chi connectivity index (χ0) is 8.53. The molecule has 2 nitrogen and oxygen atoms in total. The van der Waals surface area contributed by atoms with Crippen LogP contribution in [0, 0.1) is 0 Å². The standard InChI is InChI=1S/C8H13IO2/c1-2-3-4-5-6-7-8(10)11-9/h6-7H,2-5H2,1H3. The van der Waals surface area contributed by atoms with Crippen molar-refractivity contribution in [3.8, 4) is 0 Å². The molecule has 0 saturated heterocycles. The number of carbonyl (C=O) groups excluding carboxylic acids is 1. The summed E-state index contributed by atoms with van der Waals surface area (Å²) >= 11 is 1.58. The second kappa shape index (κ2) is 8.04. The van der Waals surface area contributed by atoms with Crippen LogP contribution in [-0.2, 0) is 7.86 Å². The van der Waals surface area contributed by atoms with Crippen molar-refractivity contribution < 1.29 is 7.86 Å². The number of unbranched alkanes of at least 4 members (excludes halogenated alkanes) is 3. The summed E-state index contributed by atoms with van der Waals surface area (Å²) in [5.74, 6) is -0.276. The van der Waals surface area contributed by atoms with Gasteiger partial charge in [-0.25, -0.2) is 4.79 Å². The van der Waals surface area contributed by atoms with E-state index in [1.807, 2.05) is 6.08 Å². The highest BCUT2D eigenvalue weighted by Gasteiger charge is 1.90. The predicted molar refractivity (Wildman–Crippen MR) is 53.4 cm³/mol. The molecule has 0 fully saturated rings. The Hall–Kier alpha value is -0.0600. The largest absolute Gasteiger partial charge is 0.391 e. The van der Waals surface area contributed by atoms with Gasteiger partial charge in [0.25, 0.3) is 0 Å². The highest BCUT2D eigenvalue weighted by atomic mass is 127. The molecule has 0 unspecified atom stereocenters. The Bertz CT molecular complexity index is 132. The quantitative estimate of drug-likeness (QED) is 0.435. The first-order valence-corrected chi connectivity index (χ1v) is 4.68. The molecule has 0 aromatic heterocycles. The molecule has 0 rings (SSSR count). The maximum atomic E-state index is 10.5. The molecule has 0 N–H and O–H groups in total. The van der Waals surface area contributed by atoms with E-state index in [0.29, 0.717) is 0 Å². The molecule has 0 amide bonds. The van der Waals surface area contributed by atoms with Gasteiger partial charge < -0.3 is 3.07 Å². The molecule has 0 radical (unpaired) electrons. The Balaban J connectivity index is 3.22. The molecule has 0 bridgehead atoms. The molecule has 0 heterocycles. The van der Waals surface area contributed by atoms with E-state index in [1.165, 1.54) is 18.9 Å². The van der Waals surface area contributed by atoms with E-state index in [0.717, 1.165) is 12.8 Å². The van der Waals surface area contributed by atoms with Crippen LogP contribution in [0.25, 0.3) is 0 Å². The lowest BCUT2D eigenvalue weighted by Gasteiger charge is -1.90. The third kappa shape index (κ3) is 7.84. The van der Waals surface area contributed by atoms with Gasteiger partial charge in [-0.3, -0.25) is 0 Å². The minimum absolute atomic E-state index is 0.276. The van der Waals surface area contributed by atoms with Crippen molar-refractivity contribution in [3.63, 3.8) is 0 Å². The Morgan fingerprint density at radius 2 is 2.27 bits per heavy atom. The van der Waals surface area contributed by atoms with Crippen LogP contribution in [0.3, 0.4) is 0 Å². The average molecular weight is 268 g/mol. The number of hydrogen-bond acceptors (Lipinski definition) is 2. The number of allylic oxidation sites excluding steroid dienone is 1. The van der Waals surface area contributed by atoms with Gasteiger partial charge in [0.15, 0.2) is 23.0 Å². The van der Waals surface area contributed by atoms with E-state index in [1.54, 1.807) is 23.0 Å². The van der Waals surface area contributed by atoms with E-state index in [4.69, 9.17) is 0 Å². The molecule has 0 atom stereocenters. The summed E-state index contributed by atoms with van der Waals surface area (Å²) in [6, 6.07) is 0. The fourth-order valence-corrected chi connectivity index (χ4v) is 0.864. The van der Waals surface area contributed by atoms with Crippen LogP contribution >= 0.6 is 23.0 Å². The SMILES string of the molecule is CCCCCC=CC(=O)OI. The van der Waals surface area contributed by atoms with Gasteiger partial charge in [-0.1, -0.05) is 25.8 Å². The molecule has 0 saturated carbocycles. The Morgan fingerprint density at radius 3 is 2.82 bits per heavy atom. The first-order chi connectivity index (χ1) is 5.31. The topological polar surface area (TPSA) is 26.3 Å². The number of carbonyl (C=O) groups is 1. The zero-order valence-corrected chi connectivity index (χ0v) is 8.84. The van der Waals surface area contributed by atoms with Gasteiger partial charge in [-0.05, 0) is 12.8 Å². The Morgan fingerprint density at radius 1 is 1.55 bits per heavy atom. The van der Waals surface area contributed by atoms with E-state index >= 15 is 0 Å². The minimum atomic E-state index is -0.276. The first kappa shape index (κ1) is 10.9. The normalized spacial score (nSPS) is 10.4. The van der Waals surface area contributed by atoms with E-state index < -0.39 is 0 Å². The average Bonchev–Trinajstić information content (AvgIpc) is 2.04. The molecule has 0 aliphatic rings. The van der Waals surface area contributed by atoms with Crippen molar-refractivity contribution in [2.45, 2.75) is 32.6 Å². The van der Waals surface area contributed by atoms with Crippen molar-refractivity contribution in [1.82, 2.24) is 0 Å². The molecule has 3 heteroatoms. The predicted octanol–water partition coefficient (Wildman–Crippen LogP) is 3.02. The fourth-order valence-electron chi connectivity index (χ4n) is 0.717. The number of rotatable bonds is 5. The lowest BCUT2D eigenvalue weighted by molar-refractivity contribution is -0.126. The first-order valence-electron chi connectivity index (χ1n) is 3.80. The van der Waals surface area contributed by atoms with Crippen molar-refractivity contribution in [2.75, 3.05) is 0 Å². The Labute approximate surface area is 81.7 Å². The summed E-state index contributed by atoms with van der Waals surface area (Å²) in [6.07, 6.45) is 7.90. The second-order valence-corrected chi connectivity index (χ2v) is 2.73. The van der Waals surface area contributed by atoms with Crippen molar-refractivity contribution in [1.29, 1.82) is 0 Å². The van der Waals surface area contributed by atoms with Crippen LogP contribution < -0.4 is 0 Å². The molecular weight excluding hydrogens is 255 g/mol. The number of halogens is 1. The second-order valence-electron chi connectivity index (χ2n) is 2.29. The monoisotopic (exact) mass is 268 g/mol. The Kier molecular flexibility index (Phi) is 8.00. The summed E-state index contributed by atoms with van der Waals surface area (Å²) in [6.45, 7) is 2.16. The van der Waals surface area contributed by atoms with Gasteiger partial charge in [0.1, 0.15) is 0 Å². The van der Waals surface area contributed by atoms with Crippen LogP contribution in [0.4, 0.5) is 0 Å². The third-order valence-electron chi connectivity index (χ3n) is 1.30. The molecule has 0 aliphatic carbocycles. The maximum absolute atomic E-state index is 10.5. The molecular formula is C8H13IO2. The lowest BCUT2D eigenvalue weighted by Crippen LogP contribution is -1.88. The van der Waals surface area contributed by atoms with Crippen LogP contribution in [0.15, 0.2) is 12.2 Å². The molecule has 0 aromatic rings. The molecule has 0 aromatic carbocycles. The van der Waals surface area contributed by atoms with Crippen molar-refractivity contribution >= 4 is 29.0 Å². The van der Waals surface area contributed by atoms with Gasteiger partial charge in [-0.2, -0.15) is 0 Å². The number of hydrogen-bond donors (Lipinski definition) is 0. The fraction of sp³-hybridized carbons (Fsp3) is 0.625. The summed E-state index contributed by atoms with van der Waals surface area (Å²) in [7, 11) is 0. The summed E-state index contributed by atoms with van der Waals surface area (Å²) in [4.78, 5) is 10.5. The maximum Gasteiger partial charge on any atom is 0.339 e. The van der Waals surface area contributed by atoms with E-state index in [-0.39, 0.29) is 5.97 Å². The molecule has 0 aliphatic heterocycles. The van der Waals surface area contributed by atoms with Gasteiger partial charge in [0.2, 0.25) is 0 Å². The van der Waals surface area contributed by atoms with Crippen LogP contribution in [-0.4, -0.2) is 5.97 Å². The van der Waals surface area contributed by atoms with Gasteiger partial charge in [-0.15, -0.1) is 0 Å². The summed E-state index contributed by atoms with van der Waals surface area (Å²) < 4.78 is 4.40. The zero-order valence-electron chi connectivity index (χ0n) is 6.68. The van der Waals surface area contributed by atoms with Crippen molar-refractivity contribution in [3.05, 3.63) is 12.2 Å². The smallest absolute Gasteiger partial charge is 0.339 e. The lowest BCUT2D eigenvalue weighted by atomic mass is 10.2.